The van der Waals surface area contributed by atoms with Gasteiger partial charge in [0.1, 0.15) is 5.82 Å². The van der Waals surface area contributed by atoms with Gasteiger partial charge in [-0.2, -0.15) is 0 Å². The van der Waals surface area contributed by atoms with Crippen LogP contribution in [0.2, 0.25) is 0 Å². The van der Waals surface area contributed by atoms with Crippen LogP contribution in [-0.4, -0.2) is 5.11 Å². The Bertz CT molecular complexity index is 524. The Morgan fingerprint density at radius 2 is 2.12 bits per heavy atom. The molecule has 2 rings (SSSR count). The normalized spacial score (nSPS) is 12.7. The van der Waals surface area contributed by atoms with Gasteiger partial charge in [0.25, 0.3) is 0 Å². The summed E-state index contributed by atoms with van der Waals surface area (Å²) in [4.78, 5) is 2.13. The highest BCUT2D eigenvalue weighted by Crippen LogP contribution is 2.26. The summed E-state index contributed by atoms with van der Waals surface area (Å²) in [5.74, 6) is -0.282. The second-order valence-electron chi connectivity index (χ2n) is 3.92. The van der Waals surface area contributed by atoms with Gasteiger partial charge in [0.2, 0.25) is 0 Å². The molecule has 17 heavy (non-hydrogen) atoms. The van der Waals surface area contributed by atoms with Gasteiger partial charge in [-0.3, -0.25) is 0 Å². The van der Waals surface area contributed by atoms with E-state index in [1.54, 1.807) is 23.5 Å². The molecule has 0 saturated carbocycles. The molecule has 0 amide bonds. The largest absolute Gasteiger partial charge is 0.387 e. The van der Waals surface area contributed by atoms with E-state index >= 15 is 0 Å². The standard InChI is InChI=1S/C13H12BrFOS/c1-8-2-5-13(17-8)12(16)7-9-3-4-11(15)10(14)6-9/h2-6,12,16H,7H2,1H3. The van der Waals surface area contributed by atoms with Crippen LogP contribution in [0.25, 0.3) is 0 Å². The van der Waals surface area contributed by atoms with Crippen molar-refractivity contribution in [1.29, 1.82) is 0 Å². The van der Waals surface area contributed by atoms with Gasteiger partial charge in [-0.05, 0) is 52.7 Å². The third-order valence-corrected chi connectivity index (χ3v) is 4.21. The van der Waals surface area contributed by atoms with Crippen LogP contribution < -0.4 is 0 Å². The number of aliphatic hydroxyl groups excluding tert-OH is 1. The molecule has 1 N–H and O–H groups in total. The molecule has 0 bridgehead atoms. The number of aryl methyl sites for hydroxylation is 1. The molecular weight excluding hydrogens is 303 g/mol. The topological polar surface area (TPSA) is 20.2 Å². The predicted octanol–water partition coefficient (Wildman–Crippen LogP) is 4.23. The second-order valence-corrected chi connectivity index (χ2v) is 6.09. The van der Waals surface area contributed by atoms with Gasteiger partial charge in [-0.15, -0.1) is 11.3 Å². The number of hydrogen-bond donors (Lipinski definition) is 1. The summed E-state index contributed by atoms with van der Waals surface area (Å²) in [7, 11) is 0. The third-order valence-electron chi connectivity index (χ3n) is 2.50. The summed E-state index contributed by atoms with van der Waals surface area (Å²) < 4.78 is 13.5. The van der Waals surface area contributed by atoms with Crippen LogP contribution in [0.4, 0.5) is 4.39 Å². The Morgan fingerprint density at radius 1 is 1.35 bits per heavy atom. The molecule has 90 valence electrons. The average Bonchev–Trinajstić information content (AvgIpc) is 2.70. The zero-order valence-electron chi connectivity index (χ0n) is 9.28. The maximum Gasteiger partial charge on any atom is 0.137 e. The van der Waals surface area contributed by atoms with E-state index in [2.05, 4.69) is 15.9 Å². The smallest absolute Gasteiger partial charge is 0.137 e. The fourth-order valence-electron chi connectivity index (χ4n) is 1.62. The molecule has 1 aromatic carbocycles. The summed E-state index contributed by atoms with van der Waals surface area (Å²) in [6.45, 7) is 2.01. The number of hydrogen-bond acceptors (Lipinski definition) is 2. The maximum atomic E-state index is 13.1. The van der Waals surface area contributed by atoms with E-state index in [-0.39, 0.29) is 5.82 Å². The molecule has 0 aliphatic carbocycles. The van der Waals surface area contributed by atoms with Crippen LogP contribution in [0, 0.1) is 12.7 Å². The van der Waals surface area contributed by atoms with Gasteiger partial charge in [-0.1, -0.05) is 6.07 Å². The van der Waals surface area contributed by atoms with Crippen molar-refractivity contribution in [3.05, 3.63) is 55.9 Å². The number of halogens is 2. The van der Waals surface area contributed by atoms with Crippen LogP contribution in [0.1, 0.15) is 21.4 Å². The average molecular weight is 315 g/mol. The monoisotopic (exact) mass is 314 g/mol. The molecule has 1 heterocycles. The number of aliphatic hydroxyl groups is 1. The molecule has 4 heteroatoms. The van der Waals surface area contributed by atoms with E-state index < -0.39 is 6.10 Å². The fraction of sp³-hybridized carbons (Fsp3) is 0.231. The van der Waals surface area contributed by atoms with Gasteiger partial charge < -0.3 is 5.11 Å². The minimum absolute atomic E-state index is 0.282. The first-order valence-corrected chi connectivity index (χ1v) is 6.85. The van der Waals surface area contributed by atoms with Crippen molar-refractivity contribution >= 4 is 27.3 Å². The third kappa shape index (κ3) is 3.15. The maximum absolute atomic E-state index is 13.1. The van der Waals surface area contributed by atoms with Crippen LogP contribution in [0.3, 0.4) is 0 Å². The molecule has 0 aliphatic heterocycles. The zero-order valence-corrected chi connectivity index (χ0v) is 11.7. The Kier molecular flexibility index (Phi) is 3.97. The highest BCUT2D eigenvalue weighted by atomic mass is 79.9. The molecule has 0 spiro atoms. The van der Waals surface area contributed by atoms with E-state index in [4.69, 9.17) is 0 Å². The lowest BCUT2D eigenvalue weighted by Gasteiger charge is -2.09. The van der Waals surface area contributed by atoms with Crippen molar-refractivity contribution in [3.63, 3.8) is 0 Å². The minimum atomic E-state index is -0.522. The first kappa shape index (κ1) is 12.7. The Hall–Kier alpha value is -0.710. The van der Waals surface area contributed by atoms with Crippen molar-refractivity contribution in [2.24, 2.45) is 0 Å². The summed E-state index contributed by atoms with van der Waals surface area (Å²) in [6, 6.07) is 8.74. The quantitative estimate of drug-likeness (QED) is 0.898. The molecule has 1 unspecified atom stereocenters. The van der Waals surface area contributed by atoms with Gasteiger partial charge in [0.15, 0.2) is 0 Å². The SMILES string of the molecule is Cc1ccc(C(O)Cc2ccc(F)c(Br)c2)s1. The molecular formula is C13H12BrFOS. The Morgan fingerprint density at radius 3 is 2.71 bits per heavy atom. The Labute approximate surface area is 112 Å². The molecule has 2 aromatic rings. The Balaban J connectivity index is 2.12. The highest BCUT2D eigenvalue weighted by Gasteiger charge is 2.11. The number of benzene rings is 1. The lowest BCUT2D eigenvalue weighted by molar-refractivity contribution is 0.182. The van der Waals surface area contributed by atoms with Crippen molar-refractivity contribution < 1.29 is 9.50 Å². The van der Waals surface area contributed by atoms with E-state index in [0.29, 0.717) is 10.9 Å². The van der Waals surface area contributed by atoms with E-state index in [1.165, 1.54) is 10.9 Å². The van der Waals surface area contributed by atoms with E-state index in [0.717, 1.165) is 10.4 Å². The summed E-state index contributed by atoms with van der Waals surface area (Å²) >= 11 is 4.73. The van der Waals surface area contributed by atoms with Crippen LogP contribution >= 0.6 is 27.3 Å². The van der Waals surface area contributed by atoms with Gasteiger partial charge in [-0.25, -0.2) is 4.39 Å². The van der Waals surface area contributed by atoms with Crippen molar-refractivity contribution in [1.82, 2.24) is 0 Å². The number of thiophene rings is 1. The first-order chi connectivity index (χ1) is 8.06. The molecule has 0 fully saturated rings. The van der Waals surface area contributed by atoms with E-state index in [1.807, 2.05) is 19.1 Å². The van der Waals surface area contributed by atoms with Crippen molar-refractivity contribution in [3.8, 4) is 0 Å². The molecule has 0 radical (unpaired) electrons. The van der Waals surface area contributed by atoms with Crippen LogP contribution in [0.15, 0.2) is 34.8 Å². The predicted molar refractivity (Wildman–Crippen MR) is 71.8 cm³/mol. The van der Waals surface area contributed by atoms with Crippen LogP contribution in [0.5, 0.6) is 0 Å². The molecule has 1 nitrogen and oxygen atoms in total. The summed E-state index contributed by atoms with van der Waals surface area (Å²) in [5, 5.41) is 10.0. The van der Waals surface area contributed by atoms with Crippen LogP contribution in [-0.2, 0) is 6.42 Å². The molecule has 1 atom stereocenters. The summed E-state index contributed by atoms with van der Waals surface area (Å²) in [5.41, 5.74) is 0.914. The fourth-order valence-corrected chi connectivity index (χ4v) is 2.91. The second kappa shape index (κ2) is 5.29. The van der Waals surface area contributed by atoms with Gasteiger partial charge in [0, 0.05) is 16.2 Å². The van der Waals surface area contributed by atoms with Gasteiger partial charge in [0.05, 0.1) is 10.6 Å². The number of rotatable bonds is 3. The lowest BCUT2D eigenvalue weighted by atomic mass is 10.1. The van der Waals surface area contributed by atoms with Gasteiger partial charge >= 0.3 is 0 Å². The van der Waals surface area contributed by atoms with E-state index in [9.17, 15) is 9.50 Å². The van der Waals surface area contributed by atoms with Crippen molar-refractivity contribution in [2.45, 2.75) is 19.4 Å². The minimum Gasteiger partial charge on any atom is -0.387 e. The van der Waals surface area contributed by atoms with Crippen molar-refractivity contribution in [2.75, 3.05) is 0 Å². The molecule has 0 aliphatic rings. The molecule has 0 saturated heterocycles. The lowest BCUT2D eigenvalue weighted by Crippen LogP contribution is -1.99. The highest BCUT2D eigenvalue weighted by molar-refractivity contribution is 9.10. The zero-order chi connectivity index (χ0) is 12.4. The first-order valence-electron chi connectivity index (χ1n) is 5.24. The summed E-state index contributed by atoms with van der Waals surface area (Å²) in [6.07, 6.45) is -0.0233. The molecule has 1 aromatic heterocycles.